The Kier molecular flexibility index (Phi) is 5.95. The van der Waals surface area contributed by atoms with E-state index in [4.69, 9.17) is 4.74 Å². The first-order valence-electron chi connectivity index (χ1n) is 10.9. The molecule has 4 heterocycles. The van der Waals surface area contributed by atoms with E-state index >= 15 is 0 Å². The Morgan fingerprint density at radius 1 is 1.08 bits per heavy atom. The van der Waals surface area contributed by atoms with Crippen molar-refractivity contribution in [1.29, 1.82) is 5.26 Å². The van der Waals surface area contributed by atoms with Gasteiger partial charge < -0.3 is 10.1 Å². The number of imidazole rings is 1. The zero-order valence-corrected chi connectivity index (χ0v) is 19.2. The maximum absolute atomic E-state index is 12.8. The SMILES string of the molecule is Cc1ccc(Nc2ccc3c(c2)ncn3-c2ccc(OCC(F)F)c(-n3nc(C#N)cc3C)n2)nn1. The maximum Gasteiger partial charge on any atom is 0.272 e. The Morgan fingerprint density at radius 3 is 2.67 bits per heavy atom. The van der Waals surface area contributed by atoms with Gasteiger partial charge in [-0.2, -0.15) is 15.5 Å². The average Bonchev–Trinajstić information content (AvgIpc) is 3.47. The summed E-state index contributed by atoms with van der Waals surface area (Å²) in [5.74, 6) is 1.38. The number of hydrogen-bond acceptors (Lipinski definition) is 8. The van der Waals surface area contributed by atoms with Crippen molar-refractivity contribution in [1.82, 2.24) is 34.5 Å². The summed E-state index contributed by atoms with van der Waals surface area (Å²) < 4.78 is 34.1. The van der Waals surface area contributed by atoms with Crippen LogP contribution in [0.1, 0.15) is 17.1 Å². The van der Waals surface area contributed by atoms with Crippen LogP contribution in [0.15, 0.2) is 54.9 Å². The minimum Gasteiger partial charge on any atom is -0.484 e. The van der Waals surface area contributed by atoms with Crippen LogP contribution in [0.25, 0.3) is 22.7 Å². The van der Waals surface area contributed by atoms with Crippen molar-refractivity contribution >= 4 is 22.5 Å². The number of nitrogens with one attached hydrogen (secondary N) is 1. The molecule has 0 bridgehead atoms. The quantitative estimate of drug-likeness (QED) is 0.361. The summed E-state index contributed by atoms with van der Waals surface area (Å²) in [5.41, 5.74) is 3.84. The number of halogens is 2. The van der Waals surface area contributed by atoms with Gasteiger partial charge in [0.15, 0.2) is 23.1 Å². The van der Waals surface area contributed by atoms with Crippen molar-refractivity contribution < 1.29 is 13.5 Å². The minimum absolute atomic E-state index is 0.116. The van der Waals surface area contributed by atoms with Gasteiger partial charge >= 0.3 is 0 Å². The fourth-order valence-corrected chi connectivity index (χ4v) is 3.61. The number of pyridine rings is 1. The molecule has 0 unspecified atom stereocenters. The van der Waals surface area contributed by atoms with Gasteiger partial charge in [0.1, 0.15) is 24.8 Å². The van der Waals surface area contributed by atoms with Gasteiger partial charge in [0.05, 0.1) is 16.7 Å². The first kappa shape index (κ1) is 22.9. The first-order valence-corrected chi connectivity index (χ1v) is 10.9. The van der Waals surface area contributed by atoms with Crippen LogP contribution < -0.4 is 10.1 Å². The average molecular weight is 487 g/mol. The standard InChI is InChI=1S/C24H19F2N9O/c1-14-3-7-22(32-31-14)29-16-4-5-19-18(10-16)28-13-34(19)23-8-6-20(36-12-21(25)26)24(30-23)35-15(2)9-17(11-27)33-35/h3-10,13,21H,12H2,1-2H3,(H,29,32). The smallest absolute Gasteiger partial charge is 0.272 e. The van der Waals surface area contributed by atoms with Crippen LogP contribution in [0.2, 0.25) is 0 Å². The van der Waals surface area contributed by atoms with E-state index in [0.717, 1.165) is 16.9 Å². The van der Waals surface area contributed by atoms with E-state index in [2.05, 4.69) is 30.6 Å². The van der Waals surface area contributed by atoms with E-state index in [0.29, 0.717) is 22.8 Å². The highest BCUT2D eigenvalue weighted by atomic mass is 19.3. The van der Waals surface area contributed by atoms with E-state index in [1.165, 1.54) is 4.68 Å². The molecule has 12 heteroatoms. The molecular weight excluding hydrogens is 468 g/mol. The third-order valence-corrected chi connectivity index (χ3v) is 5.26. The Labute approximate surface area is 203 Å². The number of nitrogens with zero attached hydrogens (tertiary/aromatic N) is 8. The van der Waals surface area contributed by atoms with E-state index in [1.807, 2.05) is 43.3 Å². The topological polar surface area (TPSA) is 119 Å². The monoisotopic (exact) mass is 487 g/mol. The Morgan fingerprint density at radius 2 is 1.94 bits per heavy atom. The van der Waals surface area contributed by atoms with Crippen LogP contribution >= 0.6 is 0 Å². The number of anilines is 2. The lowest BCUT2D eigenvalue weighted by atomic mass is 10.2. The molecule has 36 heavy (non-hydrogen) atoms. The van der Waals surface area contributed by atoms with Crippen molar-refractivity contribution in [2.75, 3.05) is 11.9 Å². The summed E-state index contributed by atoms with van der Waals surface area (Å²) in [6.45, 7) is 2.80. The number of aromatic nitrogens is 7. The third-order valence-electron chi connectivity index (χ3n) is 5.26. The van der Waals surface area contributed by atoms with Crippen molar-refractivity contribution in [2.45, 2.75) is 20.3 Å². The molecule has 0 spiro atoms. The van der Waals surface area contributed by atoms with E-state index in [1.54, 1.807) is 36.0 Å². The molecule has 0 radical (unpaired) electrons. The molecular formula is C24H19F2N9O. The summed E-state index contributed by atoms with van der Waals surface area (Å²) in [4.78, 5) is 9.11. The van der Waals surface area contributed by atoms with Crippen LogP contribution in [0.4, 0.5) is 20.3 Å². The largest absolute Gasteiger partial charge is 0.484 e. The summed E-state index contributed by atoms with van der Waals surface area (Å²) in [6.07, 6.45) is -1.04. The number of alkyl halides is 2. The second-order valence-corrected chi connectivity index (χ2v) is 7.89. The molecule has 0 saturated carbocycles. The van der Waals surface area contributed by atoms with Crippen molar-refractivity contribution in [2.24, 2.45) is 0 Å². The zero-order chi connectivity index (χ0) is 25.2. The molecule has 1 N–H and O–H groups in total. The lowest BCUT2D eigenvalue weighted by Crippen LogP contribution is -2.12. The van der Waals surface area contributed by atoms with Crippen LogP contribution in [0, 0.1) is 25.2 Å². The fourth-order valence-electron chi connectivity index (χ4n) is 3.61. The number of nitriles is 1. The van der Waals surface area contributed by atoms with Gasteiger partial charge in [0.2, 0.25) is 0 Å². The molecule has 0 fully saturated rings. The number of ether oxygens (including phenoxy) is 1. The Balaban J connectivity index is 1.52. The van der Waals surface area contributed by atoms with Crippen LogP contribution in [-0.2, 0) is 0 Å². The highest BCUT2D eigenvalue weighted by Crippen LogP contribution is 2.27. The number of benzene rings is 1. The maximum atomic E-state index is 12.8. The molecule has 0 aliphatic carbocycles. The summed E-state index contributed by atoms with van der Waals surface area (Å²) in [5, 5.41) is 24.8. The highest BCUT2D eigenvalue weighted by Gasteiger charge is 2.17. The Hall–Kier alpha value is -4.92. The number of fused-ring (bicyclic) bond motifs is 1. The first-order chi connectivity index (χ1) is 17.4. The third kappa shape index (κ3) is 4.54. The predicted octanol–water partition coefficient (Wildman–Crippen LogP) is 4.27. The predicted molar refractivity (Wildman–Crippen MR) is 127 cm³/mol. The lowest BCUT2D eigenvalue weighted by molar-refractivity contribution is 0.0816. The zero-order valence-electron chi connectivity index (χ0n) is 19.2. The second kappa shape index (κ2) is 9.38. The van der Waals surface area contributed by atoms with Crippen LogP contribution in [0.3, 0.4) is 0 Å². The summed E-state index contributed by atoms with van der Waals surface area (Å²) >= 11 is 0. The summed E-state index contributed by atoms with van der Waals surface area (Å²) in [6, 6.07) is 16.0. The molecule has 5 rings (SSSR count). The van der Waals surface area contributed by atoms with E-state index in [-0.39, 0.29) is 17.3 Å². The molecule has 0 saturated heterocycles. The van der Waals surface area contributed by atoms with Gasteiger partial charge in [0, 0.05) is 11.4 Å². The van der Waals surface area contributed by atoms with Crippen LogP contribution in [0.5, 0.6) is 5.75 Å². The van der Waals surface area contributed by atoms with Crippen molar-refractivity contribution in [3.05, 3.63) is 71.9 Å². The lowest BCUT2D eigenvalue weighted by Gasteiger charge is -2.14. The van der Waals surface area contributed by atoms with Gasteiger partial charge in [0.25, 0.3) is 6.43 Å². The molecule has 10 nitrogen and oxygen atoms in total. The van der Waals surface area contributed by atoms with Gasteiger partial charge in [-0.3, -0.25) is 4.57 Å². The molecule has 0 amide bonds. The van der Waals surface area contributed by atoms with Crippen molar-refractivity contribution in [3.8, 4) is 23.5 Å². The molecule has 5 aromatic rings. The molecule has 1 aromatic carbocycles. The van der Waals surface area contributed by atoms with Gasteiger partial charge in [-0.15, -0.1) is 5.10 Å². The molecule has 0 aliphatic rings. The number of aryl methyl sites for hydroxylation is 2. The Bertz CT molecular complexity index is 1590. The molecule has 0 aliphatic heterocycles. The van der Waals surface area contributed by atoms with Gasteiger partial charge in [-0.25, -0.2) is 23.4 Å². The van der Waals surface area contributed by atoms with Gasteiger partial charge in [-0.1, -0.05) is 0 Å². The summed E-state index contributed by atoms with van der Waals surface area (Å²) in [7, 11) is 0. The van der Waals surface area contributed by atoms with E-state index in [9.17, 15) is 14.0 Å². The molecule has 0 atom stereocenters. The highest BCUT2D eigenvalue weighted by molar-refractivity contribution is 5.82. The normalized spacial score (nSPS) is 11.1. The van der Waals surface area contributed by atoms with Crippen LogP contribution in [-0.4, -0.2) is 47.5 Å². The van der Waals surface area contributed by atoms with Gasteiger partial charge in [-0.05, 0) is 62.4 Å². The number of rotatable bonds is 7. The van der Waals surface area contributed by atoms with E-state index < -0.39 is 13.0 Å². The second-order valence-electron chi connectivity index (χ2n) is 7.89. The fraction of sp³-hybridized carbons (Fsp3) is 0.167. The molecule has 4 aromatic heterocycles. The minimum atomic E-state index is -2.66. The van der Waals surface area contributed by atoms with Crippen molar-refractivity contribution in [3.63, 3.8) is 0 Å². The molecule has 180 valence electrons. The number of hydrogen-bond donors (Lipinski definition) is 1.